The summed E-state index contributed by atoms with van der Waals surface area (Å²) in [5, 5.41) is 3.16. The van der Waals surface area contributed by atoms with Crippen molar-refractivity contribution in [3.63, 3.8) is 0 Å². The molecular formula is C15H26N2O. The topological polar surface area (TPSA) is 28.4 Å². The van der Waals surface area contributed by atoms with Gasteiger partial charge in [0.1, 0.15) is 5.76 Å². The fraction of sp³-hybridized carbons (Fsp3) is 0.733. The van der Waals surface area contributed by atoms with Crippen LogP contribution in [0.4, 0.5) is 0 Å². The zero-order valence-electron chi connectivity index (χ0n) is 11.7. The van der Waals surface area contributed by atoms with Crippen molar-refractivity contribution in [2.75, 3.05) is 13.6 Å². The van der Waals surface area contributed by atoms with E-state index in [1.165, 1.54) is 44.2 Å². The van der Waals surface area contributed by atoms with Gasteiger partial charge in [-0.1, -0.05) is 19.8 Å². The van der Waals surface area contributed by atoms with E-state index in [0.717, 1.165) is 24.9 Å². The normalized spacial score (nSPS) is 21.3. The third-order valence-corrected chi connectivity index (χ3v) is 3.82. The molecule has 1 fully saturated rings. The van der Waals surface area contributed by atoms with Gasteiger partial charge in [0.2, 0.25) is 0 Å². The molecule has 1 saturated heterocycles. The van der Waals surface area contributed by atoms with Crippen LogP contribution in [0.1, 0.15) is 50.4 Å². The van der Waals surface area contributed by atoms with Crippen LogP contribution in [0.5, 0.6) is 0 Å². The van der Waals surface area contributed by atoms with E-state index in [4.69, 9.17) is 4.42 Å². The number of furan rings is 1. The predicted molar refractivity (Wildman–Crippen MR) is 74.4 cm³/mol. The summed E-state index contributed by atoms with van der Waals surface area (Å²) in [7, 11) is 1.97. The smallest absolute Gasteiger partial charge is 0.118 e. The first kappa shape index (κ1) is 13.6. The van der Waals surface area contributed by atoms with Crippen molar-refractivity contribution in [1.82, 2.24) is 10.2 Å². The molecule has 0 bridgehead atoms. The molecule has 0 spiro atoms. The Morgan fingerprint density at radius 3 is 3.11 bits per heavy atom. The Hall–Kier alpha value is -0.800. The van der Waals surface area contributed by atoms with Crippen molar-refractivity contribution < 1.29 is 4.42 Å². The summed E-state index contributed by atoms with van der Waals surface area (Å²) in [5.74, 6) is 1.11. The quantitative estimate of drug-likeness (QED) is 0.840. The summed E-state index contributed by atoms with van der Waals surface area (Å²) in [6, 6.07) is 2.95. The van der Waals surface area contributed by atoms with Crippen LogP contribution >= 0.6 is 0 Å². The second kappa shape index (κ2) is 6.95. The van der Waals surface area contributed by atoms with E-state index in [0.29, 0.717) is 0 Å². The van der Waals surface area contributed by atoms with Crippen molar-refractivity contribution in [1.29, 1.82) is 0 Å². The second-order valence-corrected chi connectivity index (χ2v) is 5.36. The Balaban J connectivity index is 1.92. The summed E-state index contributed by atoms with van der Waals surface area (Å²) in [4.78, 5) is 2.61. The Kier molecular flexibility index (Phi) is 5.26. The molecule has 102 valence electrons. The lowest BCUT2D eigenvalue weighted by atomic mass is 9.98. The maximum atomic E-state index is 5.66. The van der Waals surface area contributed by atoms with Gasteiger partial charge in [-0.25, -0.2) is 0 Å². The van der Waals surface area contributed by atoms with Crippen molar-refractivity contribution in [2.24, 2.45) is 0 Å². The molecule has 1 atom stereocenters. The molecule has 0 saturated carbocycles. The molecule has 0 amide bonds. The molecule has 0 aromatic carbocycles. The van der Waals surface area contributed by atoms with E-state index in [-0.39, 0.29) is 0 Å². The van der Waals surface area contributed by atoms with E-state index >= 15 is 0 Å². The highest BCUT2D eigenvalue weighted by Gasteiger charge is 2.22. The Bertz CT molecular complexity index is 346. The molecular weight excluding hydrogens is 224 g/mol. The van der Waals surface area contributed by atoms with Crippen LogP contribution in [0.2, 0.25) is 0 Å². The zero-order chi connectivity index (χ0) is 12.8. The minimum atomic E-state index is 0.765. The number of nitrogens with zero attached hydrogens (tertiary/aromatic N) is 1. The van der Waals surface area contributed by atoms with Crippen molar-refractivity contribution in [3.8, 4) is 0 Å². The standard InChI is InChI=1S/C15H26N2O/c1-3-6-14-7-4-5-8-17(14)11-15-9-13(10-16-2)12-18-15/h9,12,14,16H,3-8,10-11H2,1-2H3. The average Bonchev–Trinajstić information content (AvgIpc) is 2.80. The fourth-order valence-electron chi connectivity index (χ4n) is 2.93. The number of rotatable bonds is 6. The van der Waals surface area contributed by atoms with Crippen LogP contribution < -0.4 is 5.32 Å². The van der Waals surface area contributed by atoms with Gasteiger partial charge in [-0.3, -0.25) is 4.90 Å². The molecule has 1 aromatic heterocycles. The average molecular weight is 250 g/mol. The minimum Gasteiger partial charge on any atom is -0.468 e. The lowest BCUT2D eigenvalue weighted by Crippen LogP contribution is -2.38. The lowest BCUT2D eigenvalue weighted by Gasteiger charge is -2.35. The van der Waals surface area contributed by atoms with Crippen LogP contribution in [-0.2, 0) is 13.1 Å². The summed E-state index contributed by atoms with van der Waals surface area (Å²) in [5.41, 5.74) is 1.25. The molecule has 1 unspecified atom stereocenters. The van der Waals surface area contributed by atoms with Crippen molar-refractivity contribution in [3.05, 3.63) is 23.7 Å². The number of piperidine rings is 1. The highest BCUT2D eigenvalue weighted by Crippen LogP contribution is 2.23. The predicted octanol–water partition coefficient (Wildman–Crippen LogP) is 3.15. The Morgan fingerprint density at radius 2 is 2.33 bits per heavy atom. The molecule has 18 heavy (non-hydrogen) atoms. The first-order valence-electron chi connectivity index (χ1n) is 7.28. The van der Waals surface area contributed by atoms with Gasteiger partial charge in [-0.15, -0.1) is 0 Å². The van der Waals surface area contributed by atoms with Gasteiger partial charge in [0, 0.05) is 18.2 Å². The van der Waals surface area contributed by atoms with Gasteiger partial charge < -0.3 is 9.73 Å². The SMILES string of the molecule is CCCC1CCCCN1Cc1cc(CNC)co1. The third-order valence-electron chi connectivity index (χ3n) is 3.82. The number of nitrogens with one attached hydrogen (secondary N) is 1. The van der Waals surface area contributed by atoms with Crippen LogP contribution in [-0.4, -0.2) is 24.5 Å². The summed E-state index contributed by atoms with van der Waals surface area (Å²) in [6.07, 6.45) is 8.57. The van der Waals surface area contributed by atoms with E-state index in [1.54, 1.807) is 0 Å². The molecule has 0 radical (unpaired) electrons. The summed E-state index contributed by atoms with van der Waals surface area (Å²) < 4.78 is 5.66. The largest absolute Gasteiger partial charge is 0.468 e. The molecule has 0 aliphatic carbocycles. The van der Waals surface area contributed by atoms with E-state index in [2.05, 4.69) is 23.2 Å². The summed E-state index contributed by atoms with van der Waals surface area (Å²) in [6.45, 7) is 5.38. The molecule has 1 N–H and O–H groups in total. The number of hydrogen-bond donors (Lipinski definition) is 1. The van der Waals surface area contributed by atoms with Crippen LogP contribution in [0.15, 0.2) is 16.7 Å². The first-order chi connectivity index (χ1) is 8.83. The van der Waals surface area contributed by atoms with E-state index < -0.39 is 0 Å². The van der Waals surface area contributed by atoms with Gasteiger partial charge in [-0.2, -0.15) is 0 Å². The Labute approximate surface area is 111 Å². The van der Waals surface area contributed by atoms with E-state index in [1.807, 2.05) is 13.3 Å². The first-order valence-corrected chi connectivity index (χ1v) is 7.28. The van der Waals surface area contributed by atoms with Gasteiger partial charge in [0.05, 0.1) is 12.8 Å². The highest BCUT2D eigenvalue weighted by atomic mass is 16.3. The molecule has 3 heteroatoms. The third kappa shape index (κ3) is 3.59. The van der Waals surface area contributed by atoms with Gasteiger partial charge in [0.25, 0.3) is 0 Å². The number of likely N-dealkylation sites (tertiary alicyclic amines) is 1. The van der Waals surface area contributed by atoms with Crippen molar-refractivity contribution >= 4 is 0 Å². The summed E-state index contributed by atoms with van der Waals surface area (Å²) >= 11 is 0. The molecule has 3 nitrogen and oxygen atoms in total. The van der Waals surface area contributed by atoms with Crippen molar-refractivity contribution in [2.45, 2.75) is 58.2 Å². The van der Waals surface area contributed by atoms with Gasteiger partial charge in [0.15, 0.2) is 0 Å². The van der Waals surface area contributed by atoms with E-state index in [9.17, 15) is 0 Å². The van der Waals surface area contributed by atoms with Crippen LogP contribution in [0.3, 0.4) is 0 Å². The van der Waals surface area contributed by atoms with Gasteiger partial charge in [-0.05, 0) is 38.9 Å². The zero-order valence-corrected chi connectivity index (χ0v) is 11.7. The lowest BCUT2D eigenvalue weighted by molar-refractivity contribution is 0.122. The maximum Gasteiger partial charge on any atom is 0.118 e. The molecule has 1 aromatic rings. The Morgan fingerprint density at radius 1 is 1.44 bits per heavy atom. The molecule has 2 heterocycles. The highest BCUT2D eigenvalue weighted by molar-refractivity contribution is 5.12. The van der Waals surface area contributed by atoms with Crippen LogP contribution in [0, 0.1) is 0 Å². The molecule has 2 rings (SSSR count). The van der Waals surface area contributed by atoms with Crippen LogP contribution in [0.25, 0.3) is 0 Å². The second-order valence-electron chi connectivity index (χ2n) is 5.36. The monoisotopic (exact) mass is 250 g/mol. The number of hydrogen-bond acceptors (Lipinski definition) is 3. The fourth-order valence-corrected chi connectivity index (χ4v) is 2.93. The minimum absolute atomic E-state index is 0.765. The maximum absolute atomic E-state index is 5.66. The van der Waals surface area contributed by atoms with Gasteiger partial charge >= 0.3 is 0 Å². The molecule has 1 aliphatic heterocycles. The molecule has 1 aliphatic rings.